The maximum absolute atomic E-state index is 14.1. The van der Waals surface area contributed by atoms with Crippen LogP contribution in [0.3, 0.4) is 0 Å². The van der Waals surface area contributed by atoms with Crippen LogP contribution >= 0.6 is 0 Å². The van der Waals surface area contributed by atoms with Crippen LogP contribution in [0.5, 0.6) is 0 Å². The number of hydrogen-bond donors (Lipinski definition) is 1. The second-order valence-electron chi connectivity index (χ2n) is 7.75. The van der Waals surface area contributed by atoms with E-state index in [-0.39, 0.29) is 29.9 Å². The quantitative estimate of drug-likeness (QED) is 0.226. The number of aromatic amines is 1. The lowest BCUT2D eigenvalue weighted by Crippen LogP contribution is -2.52. The zero-order chi connectivity index (χ0) is 27.7. The normalized spacial score (nSPS) is 12.7. The SMILES string of the molecule is C=C/C=C(\C=C)C(=O)N1CCN(C(=O)C(=O)c2c[nH]c3cccc(F)c23)CC1.CC.CCC.CCC. The van der Waals surface area contributed by atoms with Crippen molar-refractivity contribution in [2.75, 3.05) is 26.2 Å². The van der Waals surface area contributed by atoms with Crippen molar-refractivity contribution in [2.24, 2.45) is 0 Å². The van der Waals surface area contributed by atoms with Gasteiger partial charge in [0.2, 0.25) is 0 Å². The third-order valence-electron chi connectivity index (χ3n) is 4.71. The minimum absolute atomic E-state index is 0.0134. The molecule has 0 bridgehead atoms. The molecule has 1 aromatic heterocycles. The molecule has 0 saturated carbocycles. The Morgan fingerprint density at radius 1 is 0.944 bits per heavy atom. The molecule has 6 nitrogen and oxygen atoms in total. The summed E-state index contributed by atoms with van der Waals surface area (Å²) >= 11 is 0. The second kappa shape index (κ2) is 17.9. The average Bonchev–Trinajstić information content (AvgIpc) is 3.34. The molecule has 198 valence electrons. The molecule has 1 aliphatic rings. The van der Waals surface area contributed by atoms with Gasteiger partial charge in [-0.05, 0) is 12.1 Å². The van der Waals surface area contributed by atoms with Gasteiger partial charge in [-0.1, -0.05) is 91.8 Å². The Balaban J connectivity index is 0.00000137. The standard InChI is InChI=1S/C21H20FN3O3.2C3H8.C2H6/c1-3-6-14(4-2)20(27)24-9-11-25(12-10-24)21(28)19(26)15-13-23-17-8-5-7-16(22)18(15)17;2*1-3-2;1-2/h3-8,13,23H,1-2,9-12H2;2*3H2,1-2H3;1-2H3/b14-6+;;;. The fraction of sp³-hybridized carbons (Fsp3) is 0.414. The number of Topliss-reactive ketones (excluding diaryl/α,β-unsaturated/α-hetero) is 1. The molecule has 2 aromatic rings. The van der Waals surface area contributed by atoms with Crippen molar-refractivity contribution in [2.45, 2.75) is 54.4 Å². The zero-order valence-electron chi connectivity index (χ0n) is 22.7. The number of ketones is 1. The van der Waals surface area contributed by atoms with Gasteiger partial charge in [0.05, 0.1) is 5.56 Å². The van der Waals surface area contributed by atoms with Crippen molar-refractivity contribution >= 4 is 28.5 Å². The summed E-state index contributed by atoms with van der Waals surface area (Å²) in [6, 6.07) is 4.41. The van der Waals surface area contributed by atoms with Gasteiger partial charge in [0, 0.05) is 48.9 Å². The van der Waals surface area contributed by atoms with Crippen molar-refractivity contribution in [3.63, 3.8) is 0 Å². The Morgan fingerprint density at radius 3 is 1.92 bits per heavy atom. The molecule has 1 saturated heterocycles. The maximum atomic E-state index is 14.1. The van der Waals surface area contributed by atoms with Crippen LogP contribution < -0.4 is 0 Å². The molecule has 7 heteroatoms. The number of piperazine rings is 1. The minimum Gasteiger partial charge on any atom is -0.360 e. The van der Waals surface area contributed by atoms with Gasteiger partial charge in [0.1, 0.15) is 5.82 Å². The smallest absolute Gasteiger partial charge is 0.295 e. The second-order valence-corrected chi connectivity index (χ2v) is 7.75. The van der Waals surface area contributed by atoms with E-state index in [0.29, 0.717) is 24.2 Å². The van der Waals surface area contributed by atoms with E-state index < -0.39 is 17.5 Å². The van der Waals surface area contributed by atoms with Gasteiger partial charge in [-0.25, -0.2) is 4.39 Å². The molecule has 1 N–H and O–H groups in total. The zero-order valence-corrected chi connectivity index (χ0v) is 22.7. The predicted octanol–water partition coefficient (Wildman–Crippen LogP) is 6.32. The summed E-state index contributed by atoms with van der Waals surface area (Å²) < 4.78 is 14.1. The highest BCUT2D eigenvalue weighted by Crippen LogP contribution is 2.22. The number of amides is 2. The maximum Gasteiger partial charge on any atom is 0.295 e. The molecule has 1 aromatic carbocycles. The molecule has 2 heterocycles. The molecule has 0 spiro atoms. The number of allylic oxidation sites excluding steroid dienone is 2. The van der Waals surface area contributed by atoms with Crippen LogP contribution in [-0.2, 0) is 9.59 Å². The first-order valence-electron chi connectivity index (χ1n) is 12.6. The van der Waals surface area contributed by atoms with E-state index in [4.69, 9.17) is 0 Å². The number of H-pyrrole nitrogens is 1. The first-order valence-corrected chi connectivity index (χ1v) is 12.6. The molecular formula is C29H42FN3O3. The number of hydrogen-bond acceptors (Lipinski definition) is 3. The molecule has 0 aliphatic carbocycles. The summed E-state index contributed by atoms with van der Waals surface area (Å²) in [7, 11) is 0. The minimum atomic E-state index is -0.769. The fourth-order valence-electron chi connectivity index (χ4n) is 3.23. The van der Waals surface area contributed by atoms with Gasteiger partial charge in [-0.3, -0.25) is 14.4 Å². The molecule has 2 amide bonds. The van der Waals surface area contributed by atoms with Gasteiger partial charge in [-0.2, -0.15) is 0 Å². The summed E-state index contributed by atoms with van der Waals surface area (Å²) in [6.45, 7) is 20.7. The summed E-state index contributed by atoms with van der Waals surface area (Å²) in [4.78, 5) is 43.5. The molecular weight excluding hydrogens is 457 g/mol. The van der Waals surface area contributed by atoms with Crippen molar-refractivity contribution in [1.29, 1.82) is 0 Å². The van der Waals surface area contributed by atoms with Gasteiger partial charge in [0.25, 0.3) is 17.6 Å². The van der Waals surface area contributed by atoms with Crippen LogP contribution in [0.1, 0.15) is 64.7 Å². The summed E-state index contributed by atoms with van der Waals surface area (Å²) in [5.41, 5.74) is 0.886. The van der Waals surface area contributed by atoms with E-state index in [0.717, 1.165) is 0 Å². The molecule has 36 heavy (non-hydrogen) atoms. The van der Waals surface area contributed by atoms with Crippen LogP contribution in [0.25, 0.3) is 10.9 Å². The molecule has 1 aliphatic heterocycles. The van der Waals surface area contributed by atoms with Crippen LogP contribution in [0, 0.1) is 5.82 Å². The summed E-state index contributed by atoms with van der Waals surface area (Å²) in [5.74, 6) is -2.24. The topological polar surface area (TPSA) is 73.5 Å². The van der Waals surface area contributed by atoms with E-state index in [2.05, 4.69) is 45.8 Å². The molecule has 1 fully saturated rings. The van der Waals surface area contributed by atoms with E-state index in [1.807, 2.05) is 13.8 Å². The number of halogens is 1. The lowest BCUT2D eigenvalue weighted by molar-refractivity contribution is -0.134. The highest BCUT2D eigenvalue weighted by molar-refractivity contribution is 6.44. The summed E-state index contributed by atoms with van der Waals surface area (Å²) in [5, 5.41) is 0.111. The van der Waals surface area contributed by atoms with Crippen molar-refractivity contribution in [3.05, 3.63) is 72.7 Å². The van der Waals surface area contributed by atoms with Crippen molar-refractivity contribution in [1.82, 2.24) is 14.8 Å². The third-order valence-corrected chi connectivity index (χ3v) is 4.71. The highest BCUT2D eigenvalue weighted by Gasteiger charge is 2.30. The lowest BCUT2D eigenvalue weighted by Gasteiger charge is -2.34. The molecule has 0 unspecified atom stereocenters. The van der Waals surface area contributed by atoms with E-state index >= 15 is 0 Å². The lowest BCUT2D eigenvalue weighted by atomic mass is 10.1. The van der Waals surface area contributed by atoms with Gasteiger partial charge >= 0.3 is 0 Å². The van der Waals surface area contributed by atoms with Crippen LogP contribution in [0.15, 0.2) is 61.4 Å². The number of carbonyl (C=O) groups is 3. The number of aromatic nitrogens is 1. The number of nitrogens with zero attached hydrogens (tertiary/aromatic N) is 2. The van der Waals surface area contributed by atoms with Gasteiger partial charge in [-0.15, -0.1) is 0 Å². The largest absolute Gasteiger partial charge is 0.360 e. The molecule has 0 atom stereocenters. The van der Waals surface area contributed by atoms with Gasteiger partial charge < -0.3 is 14.8 Å². The number of fused-ring (bicyclic) bond motifs is 1. The Hall–Kier alpha value is -3.48. The number of carbonyl (C=O) groups excluding carboxylic acids is 3. The van der Waals surface area contributed by atoms with E-state index in [1.54, 1.807) is 17.0 Å². The third kappa shape index (κ3) is 8.95. The average molecular weight is 500 g/mol. The van der Waals surface area contributed by atoms with Crippen LogP contribution in [0.2, 0.25) is 0 Å². The van der Waals surface area contributed by atoms with Crippen LogP contribution in [0.4, 0.5) is 4.39 Å². The molecule has 3 rings (SSSR count). The van der Waals surface area contributed by atoms with Crippen molar-refractivity contribution < 1.29 is 18.8 Å². The van der Waals surface area contributed by atoms with E-state index in [1.165, 1.54) is 48.2 Å². The first-order chi connectivity index (χ1) is 17.3. The Morgan fingerprint density at radius 2 is 1.44 bits per heavy atom. The molecule has 0 radical (unpaired) electrons. The number of nitrogens with one attached hydrogen (secondary N) is 1. The van der Waals surface area contributed by atoms with Crippen molar-refractivity contribution in [3.8, 4) is 0 Å². The number of benzene rings is 1. The van der Waals surface area contributed by atoms with E-state index in [9.17, 15) is 18.8 Å². The Kier molecular flexibility index (Phi) is 16.2. The fourth-order valence-corrected chi connectivity index (χ4v) is 3.23. The highest BCUT2D eigenvalue weighted by atomic mass is 19.1. The summed E-state index contributed by atoms with van der Waals surface area (Å²) in [6.07, 6.45) is 8.39. The number of rotatable bonds is 5. The van der Waals surface area contributed by atoms with Crippen LogP contribution in [-0.4, -0.2) is 58.6 Å². The Bertz CT molecular complexity index is 1030. The monoisotopic (exact) mass is 499 g/mol. The first kappa shape index (κ1) is 32.5. The predicted molar refractivity (Wildman–Crippen MR) is 148 cm³/mol. The Labute approximate surface area is 215 Å². The van der Waals surface area contributed by atoms with Gasteiger partial charge in [0.15, 0.2) is 0 Å².